The molecule has 3 rings (SSSR count). The van der Waals surface area contributed by atoms with Gasteiger partial charge >= 0.3 is 0 Å². The predicted octanol–water partition coefficient (Wildman–Crippen LogP) is 3.21. The van der Waals surface area contributed by atoms with Gasteiger partial charge in [-0.25, -0.2) is 0 Å². The second kappa shape index (κ2) is 4.16. The van der Waals surface area contributed by atoms with Crippen molar-refractivity contribution in [1.82, 2.24) is 4.98 Å². The number of para-hydroxylation sites is 2. The Morgan fingerprint density at radius 1 is 1.00 bits per heavy atom. The van der Waals surface area contributed by atoms with Gasteiger partial charge < -0.3 is 9.32 Å². The Morgan fingerprint density at radius 3 is 2.50 bits per heavy atom. The van der Waals surface area contributed by atoms with Crippen molar-refractivity contribution in [3.8, 4) is 0 Å². The number of benzene rings is 1. The summed E-state index contributed by atoms with van der Waals surface area (Å²) >= 11 is 0. The highest BCUT2D eigenvalue weighted by Gasteiger charge is 2.15. The first-order valence-corrected chi connectivity index (χ1v) is 6.04. The average Bonchev–Trinajstić information content (AvgIpc) is 2.56. The number of aromatic nitrogens is 1. The maximum Gasteiger partial charge on any atom is 0.298 e. The molecule has 1 aliphatic heterocycles. The minimum Gasteiger partial charge on any atom is -0.423 e. The van der Waals surface area contributed by atoms with Crippen LogP contribution >= 0.6 is 0 Å². The lowest BCUT2D eigenvalue weighted by molar-refractivity contribution is 0.567. The summed E-state index contributed by atoms with van der Waals surface area (Å²) in [4.78, 5) is 6.81. The topological polar surface area (TPSA) is 29.3 Å². The zero-order chi connectivity index (χ0) is 10.8. The highest BCUT2D eigenvalue weighted by Crippen LogP contribution is 2.23. The molecule has 1 aromatic carbocycles. The first-order valence-electron chi connectivity index (χ1n) is 6.04. The van der Waals surface area contributed by atoms with Gasteiger partial charge in [0, 0.05) is 13.1 Å². The van der Waals surface area contributed by atoms with Crippen LogP contribution in [0, 0.1) is 0 Å². The first-order chi connectivity index (χ1) is 7.93. The van der Waals surface area contributed by atoms with Gasteiger partial charge in [0.2, 0.25) is 0 Å². The normalized spacial score (nSPS) is 17.6. The van der Waals surface area contributed by atoms with Gasteiger partial charge in [0.25, 0.3) is 6.01 Å². The molecule has 0 N–H and O–H groups in total. The minimum atomic E-state index is 0.795. The van der Waals surface area contributed by atoms with Crippen molar-refractivity contribution in [2.45, 2.75) is 25.7 Å². The Morgan fingerprint density at radius 2 is 1.75 bits per heavy atom. The summed E-state index contributed by atoms with van der Waals surface area (Å²) in [5.74, 6) is 0. The van der Waals surface area contributed by atoms with Crippen molar-refractivity contribution in [2.24, 2.45) is 0 Å². The molecule has 0 bridgehead atoms. The molecule has 2 heterocycles. The molecule has 1 aromatic heterocycles. The highest BCUT2D eigenvalue weighted by molar-refractivity contribution is 5.74. The summed E-state index contributed by atoms with van der Waals surface area (Å²) in [6.45, 7) is 2.15. The molecule has 3 nitrogen and oxygen atoms in total. The maximum atomic E-state index is 5.78. The summed E-state index contributed by atoms with van der Waals surface area (Å²) in [5, 5.41) is 0. The molecule has 0 amide bonds. The van der Waals surface area contributed by atoms with Gasteiger partial charge in [-0.15, -0.1) is 0 Å². The second-order valence-electron chi connectivity index (χ2n) is 4.37. The maximum absolute atomic E-state index is 5.78. The fourth-order valence-electron chi connectivity index (χ4n) is 2.26. The third-order valence-electron chi connectivity index (χ3n) is 3.16. The van der Waals surface area contributed by atoms with Crippen molar-refractivity contribution in [2.75, 3.05) is 18.0 Å². The number of anilines is 1. The molecule has 0 saturated carbocycles. The van der Waals surface area contributed by atoms with E-state index in [9.17, 15) is 0 Å². The molecule has 0 atom stereocenters. The van der Waals surface area contributed by atoms with Gasteiger partial charge in [0.1, 0.15) is 5.52 Å². The number of rotatable bonds is 1. The summed E-state index contributed by atoms with van der Waals surface area (Å²) in [5.41, 5.74) is 1.85. The largest absolute Gasteiger partial charge is 0.423 e. The molecule has 0 unspecified atom stereocenters. The monoisotopic (exact) mass is 216 g/mol. The van der Waals surface area contributed by atoms with Crippen LogP contribution in [0.1, 0.15) is 25.7 Å². The van der Waals surface area contributed by atoms with Crippen molar-refractivity contribution in [3.05, 3.63) is 24.3 Å². The van der Waals surface area contributed by atoms with Crippen LogP contribution < -0.4 is 4.90 Å². The van der Waals surface area contributed by atoms with Gasteiger partial charge in [-0.1, -0.05) is 25.0 Å². The summed E-state index contributed by atoms with van der Waals surface area (Å²) < 4.78 is 5.78. The van der Waals surface area contributed by atoms with E-state index in [4.69, 9.17) is 4.42 Å². The molecule has 1 saturated heterocycles. The predicted molar refractivity (Wildman–Crippen MR) is 64.7 cm³/mol. The smallest absolute Gasteiger partial charge is 0.298 e. The SMILES string of the molecule is c1ccc2oc(N3CCCCCC3)nc2c1. The van der Waals surface area contributed by atoms with Gasteiger partial charge in [-0.3, -0.25) is 0 Å². The van der Waals surface area contributed by atoms with Gasteiger partial charge in [-0.2, -0.15) is 4.98 Å². The molecule has 84 valence electrons. The third kappa shape index (κ3) is 1.77. The lowest BCUT2D eigenvalue weighted by Gasteiger charge is -2.16. The molecular formula is C13H16N2O. The number of hydrogen-bond donors (Lipinski definition) is 0. The van der Waals surface area contributed by atoms with Crippen LogP contribution in [0.3, 0.4) is 0 Å². The van der Waals surface area contributed by atoms with Crippen molar-refractivity contribution < 1.29 is 4.42 Å². The molecule has 1 aliphatic rings. The Kier molecular flexibility index (Phi) is 2.52. The van der Waals surface area contributed by atoms with Crippen LogP contribution in [0.25, 0.3) is 11.1 Å². The number of hydrogen-bond acceptors (Lipinski definition) is 3. The Hall–Kier alpha value is -1.51. The van der Waals surface area contributed by atoms with Crippen molar-refractivity contribution in [1.29, 1.82) is 0 Å². The van der Waals surface area contributed by atoms with Gasteiger partial charge in [0.05, 0.1) is 0 Å². The molecule has 0 spiro atoms. The molecule has 0 radical (unpaired) electrons. The van der Waals surface area contributed by atoms with Crippen LogP contribution in [0.15, 0.2) is 28.7 Å². The summed E-state index contributed by atoms with van der Waals surface area (Å²) in [7, 11) is 0. The van der Waals surface area contributed by atoms with E-state index in [2.05, 4.69) is 9.88 Å². The van der Waals surface area contributed by atoms with Crippen molar-refractivity contribution >= 4 is 17.1 Å². The Balaban J connectivity index is 1.92. The van der Waals surface area contributed by atoms with E-state index in [-0.39, 0.29) is 0 Å². The van der Waals surface area contributed by atoms with Crippen LogP contribution in [-0.2, 0) is 0 Å². The Bertz CT molecular complexity index is 436. The van der Waals surface area contributed by atoms with Crippen LogP contribution in [0.4, 0.5) is 6.01 Å². The molecule has 16 heavy (non-hydrogen) atoms. The van der Waals surface area contributed by atoms with Gasteiger partial charge in [0.15, 0.2) is 5.58 Å². The fourth-order valence-corrected chi connectivity index (χ4v) is 2.26. The lowest BCUT2D eigenvalue weighted by Crippen LogP contribution is -2.23. The zero-order valence-electron chi connectivity index (χ0n) is 9.35. The van der Waals surface area contributed by atoms with Crippen LogP contribution in [0.5, 0.6) is 0 Å². The number of fused-ring (bicyclic) bond motifs is 1. The van der Waals surface area contributed by atoms with E-state index in [1.165, 1.54) is 25.7 Å². The standard InChI is InChI=1S/C13H16N2O/c1-2-6-10-15(9-5-1)13-14-11-7-3-4-8-12(11)16-13/h3-4,7-8H,1-2,5-6,9-10H2. The molecular weight excluding hydrogens is 200 g/mol. The molecule has 1 fully saturated rings. The fraction of sp³-hybridized carbons (Fsp3) is 0.462. The van der Waals surface area contributed by atoms with E-state index in [1.54, 1.807) is 0 Å². The number of oxazole rings is 1. The first kappa shape index (κ1) is 9.70. The van der Waals surface area contributed by atoms with E-state index >= 15 is 0 Å². The molecule has 3 heteroatoms. The minimum absolute atomic E-state index is 0.795. The van der Waals surface area contributed by atoms with E-state index in [1.807, 2.05) is 24.3 Å². The average molecular weight is 216 g/mol. The quantitative estimate of drug-likeness (QED) is 0.733. The van der Waals surface area contributed by atoms with Crippen LogP contribution in [0.2, 0.25) is 0 Å². The van der Waals surface area contributed by atoms with E-state index in [0.29, 0.717) is 0 Å². The van der Waals surface area contributed by atoms with Crippen LogP contribution in [-0.4, -0.2) is 18.1 Å². The van der Waals surface area contributed by atoms with E-state index < -0.39 is 0 Å². The lowest BCUT2D eigenvalue weighted by atomic mass is 10.2. The zero-order valence-corrected chi connectivity index (χ0v) is 9.35. The molecule has 0 aliphatic carbocycles. The number of nitrogens with zero attached hydrogens (tertiary/aromatic N) is 2. The third-order valence-corrected chi connectivity index (χ3v) is 3.16. The van der Waals surface area contributed by atoms with E-state index in [0.717, 1.165) is 30.2 Å². The highest BCUT2D eigenvalue weighted by atomic mass is 16.4. The summed E-state index contributed by atoms with van der Waals surface area (Å²) in [6, 6.07) is 8.75. The summed E-state index contributed by atoms with van der Waals surface area (Å²) in [6.07, 6.45) is 5.16. The second-order valence-corrected chi connectivity index (χ2v) is 4.37. The van der Waals surface area contributed by atoms with Crippen molar-refractivity contribution in [3.63, 3.8) is 0 Å². The van der Waals surface area contributed by atoms with Gasteiger partial charge in [-0.05, 0) is 25.0 Å². The Labute approximate surface area is 95.1 Å². The molecule has 2 aromatic rings.